The van der Waals surface area contributed by atoms with Crippen molar-refractivity contribution in [1.82, 2.24) is 20.1 Å². The van der Waals surface area contributed by atoms with E-state index in [0.717, 1.165) is 41.2 Å². The molecule has 2 aromatic rings. The van der Waals surface area contributed by atoms with Crippen LogP contribution in [0.4, 0.5) is 13.2 Å². The zero-order chi connectivity index (χ0) is 18.9. The number of aromatic nitrogens is 3. The fraction of sp³-hybridized carbons (Fsp3) is 0.471. The highest BCUT2D eigenvalue weighted by atomic mass is 32.2. The van der Waals surface area contributed by atoms with E-state index in [1.165, 1.54) is 12.6 Å². The number of benzene rings is 1. The lowest BCUT2D eigenvalue weighted by Crippen LogP contribution is -2.36. The number of carbonyl (C=O) groups excluding carboxylic acids is 1. The lowest BCUT2D eigenvalue weighted by Gasteiger charge is -2.27. The van der Waals surface area contributed by atoms with Crippen molar-refractivity contribution in [2.24, 2.45) is 7.05 Å². The fourth-order valence-corrected chi connectivity index (χ4v) is 3.89. The molecule has 1 aromatic heterocycles. The van der Waals surface area contributed by atoms with Crippen LogP contribution in [0.3, 0.4) is 0 Å². The number of thioether (sulfide) groups is 1. The summed E-state index contributed by atoms with van der Waals surface area (Å²) in [7, 11) is 1.24. The lowest BCUT2D eigenvalue weighted by atomic mass is 9.88. The number of rotatable bonds is 4. The zero-order valence-corrected chi connectivity index (χ0v) is 15.2. The summed E-state index contributed by atoms with van der Waals surface area (Å²) in [5.74, 6) is -1.30. The average molecular weight is 384 g/mol. The Balaban J connectivity index is 1.67. The van der Waals surface area contributed by atoms with Gasteiger partial charge in [0.05, 0.1) is 11.3 Å². The minimum atomic E-state index is -4.57. The molecule has 0 spiro atoms. The van der Waals surface area contributed by atoms with Crippen LogP contribution in [0.1, 0.15) is 42.8 Å². The van der Waals surface area contributed by atoms with Gasteiger partial charge in [0.1, 0.15) is 0 Å². The van der Waals surface area contributed by atoms with Crippen molar-refractivity contribution < 1.29 is 18.0 Å². The molecule has 1 amide bonds. The second kappa shape index (κ2) is 7.30. The van der Waals surface area contributed by atoms with Crippen LogP contribution in [-0.2, 0) is 24.4 Å². The quantitative estimate of drug-likeness (QED) is 0.820. The molecule has 26 heavy (non-hydrogen) atoms. The maximum absolute atomic E-state index is 12.8. The zero-order valence-electron chi connectivity index (χ0n) is 14.4. The molecule has 0 aliphatic heterocycles. The number of amides is 1. The molecule has 1 aliphatic carbocycles. The van der Waals surface area contributed by atoms with Crippen LogP contribution in [0, 0.1) is 0 Å². The Bertz CT molecular complexity index is 806. The Kier molecular flexibility index (Phi) is 5.27. The SMILES string of the molecule is C[C@@H](Sc1nnc(C(F)(F)F)n1C)C(=O)N[C@@H]1CCCc2ccccc21. The lowest BCUT2D eigenvalue weighted by molar-refractivity contribution is -0.147. The smallest absolute Gasteiger partial charge is 0.348 e. The number of fused-ring (bicyclic) bond motifs is 1. The van der Waals surface area contributed by atoms with Gasteiger partial charge in [-0.25, -0.2) is 0 Å². The van der Waals surface area contributed by atoms with Crippen LogP contribution >= 0.6 is 11.8 Å². The number of nitrogens with one attached hydrogen (secondary N) is 1. The average Bonchev–Trinajstić information content (AvgIpc) is 2.96. The number of halogens is 3. The summed E-state index contributed by atoms with van der Waals surface area (Å²) in [5, 5.41) is 9.23. The third-order valence-corrected chi connectivity index (χ3v) is 5.56. The highest BCUT2D eigenvalue weighted by Gasteiger charge is 2.38. The molecule has 0 bridgehead atoms. The number of nitrogens with zero attached hydrogens (tertiary/aromatic N) is 3. The molecule has 1 aromatic carbocycles. The van der Waals surface area contributed by atoms with Gasteiger partial charge in [0, 0.05) is 7.05 Å². The van der Waals surface area contributed by atoms with Gasteiger partial charge in [-0.2, -0.15) is 13.2 Å². The van der Waals surface area contributed by atoms with Gasteiger partial charge in [-0.05, 0) is 37.3 Å². The fourth-order valence-electron chi connectivity index (χ4n) is 3.07. The first-order valence-corrected chi connectivity index (χ1v) is 9.16. The van der Waals surface area contributed by atoms with Crippen molar-refractivity contribution in [2.45, 2.75) is 48.8 Å². The van der Waals surface area contributed by atoms with Crippen LogP contribution in [0.25, 0.3) is 0 Å². The van der Waals surface area contributed by atoms with Crippen LogP contribution in [-0.4, -0.2) is 25.9 Å². The molecule has 9 heteroatoms. The largest absolute Gasteiger partial charge is 0.451 e. The number of carbonyl (C=O) groups is 1. The van der Waals surface area contributed by atoms with E-state index in [2.05, 4.69) is 21.6 Å². The molecule has 3 rings (SSSR count). The van der Waals surface area contributed by atoms with Crippen molar-refractivity contribution in [3.63, 3.8) is 0 Å². The molecule has 1 N–H and O–H groups in total. The number of hydrogen-bond acceptors (Lipinski definition) is 4. The van der Waals surface area contributed by atoms with E-state index in [0.29, 0.717) is 0 Å². The maximum atomic E-state index is 12.8. The van der Waals surface area contributed by atoms with Gasteiger partial charge in [-0.1, -0.05) is 36.0 Å². The first kappa shape index (κ1) is 18.8. The monoisotopic (exact) mass is 384 g/mol. The highest BCUT2D eigenvalue weighted by Crippen LogP contribution is 2.32. The summed E-state index contributed by atoms with van der Waals surface area (Å²) in [4.78, 5) is 12.5. The predicted molar refractivity (Wildman–Crippen MR) is 91.6 cm³/mol. The Morgan fingerprint density at radius 1 is 1.35 bits per heavy atom. The standard InChI is InChI=1S/C17H19F3N4OS/c1-10(26-16-23-22-15(24(16)2)17(18,19)20)14(25)21-13-9-5-7-11-6-3-4-8-12(11)13/h3-4,6,8,10,13H,5,7,9H2,1-2H3,(H,21,25)/t10-,13-/m1/s1. The van der Waals surface area contributed by atoms with Crippen molar-refractivity contribution >= 4 is 17.7 Å². The van der Waals surface area contributed by atoms with Gasteiger partial charge in [-0.3, -0.25) is 4.79 Å². The summed E-state index contributed by atoms with van der Waals surface area (Å²) in [6, 6.07) is 7.92. The van der Waals surface area contributed by atoms with E-state index in [-0.39, 0.29) is 17.1 Å². The molecular weight excluding hydrogens is 365 g/mol. The molecular formula is C17H19F3N4OS. The second-order valence-corrected chi connectivity index (χ2v) is 7.58. The van der Waals surface area contributed by atoms with E-state index >= 15 is 0 Å². The van der Waals surface area contributed by atoms with Crippen molar-refractivity contribution in [1.29, 1.82) is 0 Å². The molecule has 0 unspecified atom stereocenters. The van der Waals surface area contributed by atoms with Crippen LogP contribution < -0.4 is 5.32 Å². The first-order chi connectivity index (χ1) is 12.3. The van der Waals surface area contributed by atoms with Crippen LogP contribution in [0.2, 0.25) is 0 Å². The van der Waals surface area contributed by atoms with E-state index < -0.39 is 17.3 Å². The topological polar surface area (TPSA) is 59.8 Å². The molecule has 140 valence electrons. The van der Waals surface area contributed by atoms with Crippen LogP contribution in [0.5, 0.6) is 0 Å². The van der Waals surface area contributed by atoms with Gasteiger partial charge < -0.3 is 9.88 Å². The second-order valence-electron chi connectivity index (χ2n) is 6.28. The minimum absolute atomic E-state index is 0.0593. The number of alkyl halides is 3. The maximum Gasteiger partial charge on any atom is 0.451 e. The third-order valence-electron chi connectivity index (χ3n) is 4.43. The predicted octanol–water partition coefficient (Wildman–Crippen LogP) is 3.51. The molecule has 0 saturated carbocycles. The van der Waals surface area contributed by atoms with Crippen LogP contribution in [0.15, 0.2) is 29.4 Å². The normalized spacial score (nSPS) is 18.3. The summed E-state index contributed by atoms with van der Waals surface area (Å²) < 4.78 is 39.3. The summed E-state index contributed by atoms with van der Waals surface area (Å²) in [5.41, 5.74) is 2.34. The molecule has 5 nitrogen and oxygen atoms in total. The molecule has 0 radical (unpaired) electrons. The Morgan fingerprint density at radius 2 is 2.08 bits per heavy atom. The van der Waals surface area contributed by atoms with E-state index in [4.69, 9.17) is 0 Å². The Morgan fingerprint density at radius 3 is 2.77 bits per heavy atom. The van der Waals surface area contributed by atoms with Crippen molar-refractivity contribution in [2.75, 3.05) is 0 Å². The van der Waals surface area contributed by atoms with Gasteiger partial charge in [-0.15, -0.1) is 10.2 Å². The summed E-state index contributed by atoms with van der Waals surface area (Å²) in [6.07, 6.45) is -1.74. The third kappa shape index (κ3) is 3.87. The van der Waals surface area contributed by atoms with Gasteiger partial charge in [0.25, 0.3) is 0 Å². The molecule has 0 fully saturated rings. The first-order valence-electron chi connectivity index (χ1n) is 8.29. The number of hydrogen-bond donors (Lipinski definition) is 1. The molecule has 2 atom stereocenters. The van der Waals surface area contributed by atoms with Crippen molar-refractivity contribution in [3.8, 4) is 0 Å². The Hall–Kier alpha value is -2.03. The molecule has 1 heterocycles. The molecule has 0 saturated heterocycles. The van der Waals surface area contributed by atoms with Crippen molar-refractivity contribution in [3.05, 3.63) is 41.2 Å². The Labute approximate surface area is 153 Å². The van der Waals surface area contributed by atoms with Gasteiger partial charge in [0.15, 0.2) is 5.16 Å². The van der Waals surface area contributed by atoms with E-state index in [9.17, 15) is 18.0 Å². The van der Waals surface area contributed by atoms with Gasteiger partial charge in [0.2, 0.25) is 11.7 Å². The van der Waals surface area contributed by atoms with Gasteiger partial charge >= 0.3 is 6.18 Å². The van der Waals surface area contributed by atoms with E-state index in [1.54, 1.807) is 6.92 Å². The van der Waals surface area contributed by atoms with E-state index in [1.807, 2.05) is 18.2 Å². The number of aryl methyl sites for hydroxylation is 1. The highest BCUT2D eigenvalue weighted by molar-refractivity contribution is 8.00. The summed E-state index contributed by atoms with van der Waals surface area (Å²) in [6.45, 7) is 1.65. The summed E-state index contributed by atoms with van der Waals surface area (Å²) >= 11 is 0.962. The minimum Gasteiger partial charge on any atom is -0.348 e. The molecule has 1 aliphatic rings.